The van der Waals surface area contributed by atoms with E-state index in [1.807, 2.05) is 24.3 Å². The molecule has 3 N–H and O–H groups in total. The number of phenols is 1. The van der Waals surface area contributed by atoms with Gasteiger partial charge in [0.15, 0.2) is 0 Å². The second-order valence-corrected chi connectivity index (χ2v) is 13.8. The number of aromatic hydroxyl groups is 1. The molecule has 10 nitrogen and oxygen atoms in total. The molecule has 49 heavy (non-hydrogen) atoms. The summed E-state index contributed by atoms with van der Waals surface area (Å²) < 4.78 is 5.43. The molecule has 6 atom stereocenters. The van der Waals surface area contributed by atoms with Gasteiger partial charge in [0.1, 0.15) is 11.5 Å². The highest BCUT2D eigenvalue weighted by atomic mass is 35.5. The molecule has 0 unspecified atom stereocenters. The summed E-state index contributed by atoms with van der Waals surface area (Å²) in [5.41, 5.74) is 3.11. The SMILES string of the molecule is COc1ccc([C@@]23C(=O)N(Nc4ccc(Cl)cc4Cl)C(=O)[C@@H]2C[C@@H]2C(=CC[C@@H]4C(=O)N(O)C(=O)[C@@H]42)[C@@H]3c2ccc3ccccc3c2O)cc1. The van der Waals surface area contributed by atoms with Crippen LogP contribution in [0.2, 0.25) is 10.0 Å². The molecule has 2 aliphatic heterocycles. The van der Waals surface area contributed by atoms with Crippen molar-refractivity contribution < 1.29 is 34.2 Å². The Kier molecular flexibility index (Phi) is 7.26. The minimum atomic E-state index is -1.63. The first-order valence-electron chi connectivity index (χ1n) is 15.8. The summed E-state index contributed by atoms with van der Waals surface area (Å²) in [6.45, 7) is 0. The number of phenolic OH excluding ortho intramolecular Hbond substituents is 1. The normalized spacial score (nSPS) is 27.6. The average Bonchev–Trinajstić information content (AvgIpc) is 3.46. The Bertz CT molecular complexity index is 2140. The average molecular weight is 699 g/mol. The Hall–Kier alpha value is -4.90. The number of carbonyl (C=O) groups is 4. The lowest BCUT2D eigenvalue weighted by Crippen LogP contribution is -2.53. The summed E-state index contributed by atoms with van der Waals surface area (Å²) in [6, 6.07) is 22.4. The molecule has 12 heteroatoms. The molecule has 2 saturated heterocycles. The Morgan fingerprint density at radius 1 is 0.898 bits per heavy atom. The second-order valence-electron chi connectivity index (χ2n) is 12.9. The number of hydroxylamine groups is 2. The third-order valence-corrected chi connectivity index (χ3v) is 11.3. The lowest BCUT2D eigenvalue weighted by molar-refractivity contribution is -0.173. The van der Waals surface area contributed by atoms with E-state index in [1.54, 1.807) is 54.6 Å². The van der Waals surface area contributed by atoms with Gasteiger partial charge in [-0.1, -0.05) is 83.4 Å². The Labute approximate surface area is 290 Å². The van der Waals surface area contributed by atoms with Gasteiger partial charge in [-0.05, 0) is 60.0 Å². The van der Waals surface area contributed by atoms with Crippen LogP contribution in [-0.4, -0.2) is 51.1 Å². The maximum Gasteiger partial charge on any atom is 0.260 e. The Balaban J connectivity index is 1.40. The van der Waals surface area contributed by atoms with Crippen molar-refractivity contribution in [2.24, 2.45) is 23.7 Å². The number of nitrogens with one attached hydrogen (secondary N) is 1. The van der Waals surface area contributed by atoms with Crippen LogP contribution in [0.3, 0.4) is 0 Å². The Morgan fingerprint density at radius 2 is 1.65 bits per heavy atom. The smallest absolute Gasteiger partial charge is 0.260 e. The zero-order valence-electron chi connectivity index (χ0n) is 26.0. The molecule has 2 aliphatic carbocycles. The first-order valence-corrected chi connectivity index (χ1v) is 16.5. The zero-order valence-corrected chi connectivity index (χ0v) is 27.5. The first-order chi connectivity index (χ1) is 23.6. The summed E-state index contributed by atoms with van der Waals surface area (Å²) >= 11 is 12.6. The molecule has 4 aliphatic rings. The third kappa shape index (κ3) is 4.37. The number of allylic oxidation sites excluding steroid dienone is 2. The van der Waals surface area contributed by atoms with Crippen molar-refractivity contribution in [2.45, 2.75) is 24.2 Å². The van der Waals surface area contributed by atoms with Gasteiger partial charge in [-0.15, -0.1) is 0 Å². The van der Waals surface area contributed by atoms with Crippen molar-refractivity contribution in [3.05, 3.63) is 112 Å². The van der Waals surface area contributed by atoms with Crippen molar-refractivity contribution in [2.75, 3.05) is 12.5 Å². The topological polar surface area (TPSA) is 136 Å². The monoisotopic (exact) mass is 697 g/mol. The van der Waals surface area contributed by atoms with Gasteiger partial charge in [0.05, 0.1) is 41.0 Å². The van der Waals surface area contributed by atoms with Crippen molar-refractivity contribution >= 4 is 63.3 Å². The van der Waals surface area contributed by atoms with Crippen LogP contribution in [0.1, 0.15) is 29.9 Å². The predicted octanol–water partition coefficient (Wildman–Crippen LogP) is 6.23. The lowest BCUT2D eigenvalue weighted by atomic mass is 9.49. The number of hydrazine groups is 1. The van der Waals surface area contributed by atoms with Crippen LogP contribution < -0.4 is 10.2 Å². The van der Waals surface area contributed by atoms with Crippen LogP contribution in [0.4, 0.5) is 5.69 Å². The van der Waals surface area contributed by atoms with Gasteiger partial charge in [-0.2, -0.15) is 10.1 Å². The lowest BCUT2D eigenvalue weighted by Gasteiger charge is -2.50. The molecular weight excluding hydrogens is 669 g/mol. The van der Waals surface area contributed by atoms with Crippen molar-refractivity contribution in [3.63, 3.8) is 0 Å². The highest BCUT2D eigenvalue weighted by molar-refractivity contribution is 6.36. The number of anilines is 1. The molecule has 0 spiro atoms. The molecule has 0 radical (unpaired) electrons. The van der Waals surface area contributed by atoms with Crippen LogP contribution in [0, 0.1) is 23.7 Å². The molecule has 4 aromatic carbocycles. The number of halogens is 2. The van der Waals surface area contributed by atoms with Gasteiger partial charge in [-0.3, -0.25) is 29.8 Å². The van der Waals surface area contributed by atoms with Gasteiger partial charge in [0.25, 0.3) is 23.6 Å². The fraction of sp³-hybridized carbons (Fsp3) is 0.243. The van der Waals surface area contributed by atoms with Crippen molar-refractivity contribution in [1.29, 1.82) is 0 Å². The maximum absolute atomic E-state index is 15.3. The second kappa shape index (κ2) is 11.3. The largest absolute Gasteiger partial charge is 0.507 e. The Morgan fingerprint density at radius 3 is 2.39 bits per heavy atom. The van der Waals surface area contributed by atoms with Crippen molar-refractivity contribution in [1.82, 2.24) is 10.1 Å². The van der Waals surface area contributed by atoms with Gasteiger partial charge >= 0.3 is 0 Å². The van der Waals surface area contributed by atoms with Crippen molar-refractivity contribution in [3.8, 4) is 11.5 Å². The van der Waals surface area contributed by atoms with Gasteiger partial charge < -0.3 is 9.84 Å². The summed E-state index contributed by atoms with van der Waals surface area (Å²) in [5, 5.41) is 25.5. The molecule has 248 valence electrons. The number of amides is 4. The number of rotatable bonds is 5. The fourth-order valence-corrected chi connectivity index (χ4v) is 9.13. The quantitative estimate of drug-likeness (QED) is 0.127. The molecule has 1 saturated carbocycles. The maximum atomic E-state index is 15.3. The van der Waals surface area contributed by atoms with E-state index in [-0.39, 0.29) is 34.4 Å². The van der Waals surface area contributed by atoms with E-state index < -0.39 is 58.6 Å². The zero-order chi connectivity index (χ0) is 34.4. The van der Waals surface area contributed by atoms with E-state index in [4.69, 9.17) is 27.9 Å². The van der Waals surface area contributed by atoms with E-state index in [2.05, 4.69) is 5.43 Å². The van der Waals surface area contributed by atoms with Crippen LogP contribution in [0.15, 0.2) is 90.5 Å². The molecule has 2 heterocycles. The number of hydrogen-bond donors (Lipinski definition) is 3. The van der Waals surface area contributed by atoms with E-state index in [1.165, 1.54) is 13.2 Å². The van der Waals surface area contributed by atoms with Crippen LogP contribution in [-0.2, 0) is 24.6 Å². The predicted molar refractivity (Wildman–Crippen MR) is 180 cm³/mol. The third-order valence-electron chi connectivity index (χ3n) is 10.8. The number of hydrogen-bond acceptors (Lipinski definition) is 8. The van der Waals surface area contributed by atoms with Gasteiger partial charge in [-0.25, -0.2) is 0 Å². The van der Waals surface area contributed by atoms with Crippen LogP contribution in [0.5, 0.6) is 11.5 Å². The minimum Gasteiger partial charge on any atom is -0.507 e. The number of carbonyl (C=O) groups excluding carboxylic acids is 4. The number of methoxy groups -OCH3 is 1. The summed E-state index contributed by atoms with van der Waals surface area (Å²) in [5.74, 6) is -6.64. The number of imide groups is 2. The van der Waals surface area contributed by atoms with Gasteiger partial charge in [0.2, 0.25) is 0 Å². The molecule has 0 aromatic heterocycles. The summed E-state index contributed by atoms with van der Waals surface area (Å²) in [7, 11) is 1.52. The highest BCUT2D eigenvalue weighted by Crippen LogP contribution is 2.65. The highest BCUT2D eigenvalue weighted by Gasteiger charge is 2.70. The molecular formula is C37H29Cl2N3O7. The first kappa shape index (κ1) is 31.4. The fourth-order valence-electron chi connectivity index (χ4n) is 8.68. The molecule has 0 bridgehead atoms. The number of ether oxygens (including phenoxy) is 1. The van der Waals surface area contributed by atoms with E-state index in [0.29, 0.717) is 32.9 Å². The van der Waals surface area contributed by atoms with Crippen LogP contribution in [0.25, 0.3) is 10.8 Å². The summed E-state index contributed by atoms with van der Waals surface area (Å²) in [4.78, 5) is 56.5. The van der Waals surface area contributed by atoms with E-state index >= 15 is 4.79 Å². The molecule has 4 aromatic rings. The van der Waals surface area contributed by atoms with Gasteiger partial charge in [0, 0.05) is 21.9 Å². The molecule has 4 amide bonds. The number of nitrogens with zero attached hydrogens (tertiary/aromatic N) is 2. The van der Waals surface area contributed by atoms with Crippen LogP contribution >= 0.6 is 23.2 Å². The van der Waals surface area contributed by atoms with E-state index in [0.717, 1.165) is 10.4 Å². The molecule has 3 fully saturated rings. The minimum absolute atomic E-state index is 0.0217. The summed E-state index contributed by atoms with van der Waals surface area (Å²) in [6.07, 6.45) is 2.01. The number of fused-ring (bicyclic) bond motifs is 5. The van der Waals surface area contributed by atoms with E-state index in [9.17, 15) is 24.7 Å². The number of benzene rings is 4. The molecule has 8 rings (SSSR count). The standard InChI is InChI=1S/C37H29Cl2N3O7/c1-49-21-10-7-19(8-11-21)37-27(34(45)41(36(37)47)40-29-15-9-20(38)16-28(29)39)17-26-23(13-14-24-30(26)35(46)42(48)33(24)44)31(37)25-12-6-18-4-2-3-5-22(18)32(25)43/h2-13,15-16,24,26-27,30-31,40,43,48H,14,17H2,1H3/t24-,26+,27-,30-,31+,37+/m0/s1.